The summed E-state index contributed by atoms with van der Waals surface area (Å²) < 4.78 is 7.60. The lowest BCUT2D eigenvalue weighted by Crippen LogP contribution is -2.31. The number of fused-ring (bicyclic) bond motifs is 3. The smallest absolute Gasteiger partial charge is 0.257 e. The van der Waals surface area contributed by atoms with Crippen LogP contribution in [0.1, 0.15) is 23.7 Å². The van der Waals surface area contributed by atoms with E-state index in [2.05, 4.69) is 10.4 Å². The van der Waals surface area contributed by atoms with Crippen molar-refractivity contribution in [2.24, 2.45) is 7.05 Å². The maximum absolute atomic E-state index is 12.2. The molecule has 3 rings (SSSR count). The molecule has 0 aliphatic carbocycles. The predicted molar refractivity (Wildman–Crippen MR) is 67.8 cm³/mol. The van der Waals surface area contributed by atoms with Crippen molar-refractivity contribution in [1.29, 1.82) is 0 Å². The van der Waals surface area contributed by atoms with Crippen LogP contribution in [0.5, 0.6) is 5.75 Å². The number of benzene rings is 1. The normalized spacial score (nSPS) is 19.0. The highest BCUT2D eigenvalue weighted by Gasteiger charge is 2.25. The summed E-state index contributed by atoms with van der Waals surface area (Å²) in [6.07, 6.45) is 2.65. The van der Waals surface area contributed by atoms with Crippen molar-refractivity contribution in [3.05, 3.63) is 23.9 Å². The summed E-state index contributed by atoms with van der Waals surface area (Å²) in [5.41, 5.74) is 1.41. The van der Waals surface area contributed by atoms with Gasteiger partial charge in [-0.1, -0.05) is 6.92 Å². The lowest BCUT2D eigenvalue weighted by atomic mass is 10.1. The van der Waals surface area contributed by atoms with Crippen molar-refractivity contribution < 1.29 is 9.53 Å². The molecule has 0 unspecified atom stereocenters. The lowest BCUT2D eigenvalue weighted by molar-refractivity contribution is 0.0951. The Morgan fingerprint density at radius 3 is 3.17 bits per heavy atom. The molecule has 1 N–H and O–H groups in total. The van der Waals surface area contributed by atoms with Crippen LogP contribution >= 0.6 is 0 Å². The van der Waals surface area contributed by atoms with Crippen molar-refractivity contribution in [2.75, 3.05) is 6.54 Å². The molecule has 0 spiro atoms. The number of aromatic nitrogens is 2. The number of hydrogen-bond donors (Lipinski definition) is 1. The van der Waals surface area contributed by atoms with Gasteiger partial charge in [0.05, 0.1) is 18.3 Å². The number of amides is 1. The molecule has 1 aliphatic rings. The van der Waals surface area contributed by atoms with E-state index in [1.807, 2.05) is 26.1 Å². The van der Waals surface area contributed by atoms with Gasteiger partial charge < -0.3 is 10.1 Å². The highest BCUT2D eigenvalue weighted by molar-refractivity contribution is 6.08. The van der Waals surface area contributed by atoms with Gasteiger partial charge in [0.15, 0.2) is 0 Å². The van der Waals surface area contributed by atoms with Crippen LogP contribution in [0.4, 0.5) is 0 Å². The first-order valence-electron chi connectivity index (χ1n) is 6.10. The number of carbonyl (C=O) groups is 1. The minimum atomic E-state index is -0.0878. The molecule has 5 nitrogen and oxygen atoms in total. The quantitative estimate of drug-likeness (QED) is 0.827. The first-order valence-corrected chi connectivity index (χ1v) is 6.10. The number of aryl methyl sites for hydroxylation is 1. The summed E-state index contributed by atoms with van der Waals surface area (Å²) in [6.45, 7) is 2.59. The van der Waals surface area contributed by atoms with Crippen LogP contribution in [0.2, 0.25) is 0 Å². The van der Waals surface area contributed by atoms with Gasteiger partial charge in [0.1, 0.15) is 17.4 Å². The molecule has 0 bridgehead atoms. The van der Waals surface area contributed by atoms with Crippen molar-refractivity contribution in [3.8, 4) is 5.75 Å². The third-order valence-electron chi connectivity index (χ3n) is 3.33. The zero-order chi connectivity index (χ0) is 12.7. The second-order valence-corrected chi connectivity index (χ2v) is 4.50. The van der Waals surface area contributed by atoms with Crippen LogP contribution in [0.3, 0.4) is 0 Å². The number of nitrogens with one attached hydrogen (secondary N) is 1. The van der Waals surface area contributed by atoms with Crippen LogP contribution in [0.15, 0.2) is 18.3 Å². The molecule has 18 heavy (non-hydrogen) atoms. The van der Waals surface area contributed by atoms with E-state index in [0.29, 0.717) is 17.9 Å². The molecule has 0 fully saturated rings. The van der Waals surface area contributed by atoms with E-state index in [4.69, 9.17) is 4.74 Å². The number of nitrogens with zero attached hydrogens (tertiary/aromatic N) is 2. The molecule has 0 saturated carbocycles. The molecule has 2 aromatic rings. The summed E-state index contributed by atoms with van der Waals surface area (Å²) in [7, 11) is 1.83. The van der Waals surface area contributed by atoms with Crippen molar-refractivity contribution >= 4 is 16.8 Å². The van der Waals surface area contributed by atoms with Crippen molar-refractivity contribution in [2.45, 2.75) is 19.4 Å². The number of hydrogen-bond acceptors (Lipinski definition) is 3. The lowest BCUT2D eigenvalue weighted by Gasteiger charge is -2.14. The molecule has 1 aromatic heterocycles. The van der Waals surface area contributed by atoms with E-state index >= 15 is 0 Å². The van der Waals surface area contributed by atoms with E-state index in [0.717, 1.165) is 17.3 Å². The maximum atomic E-state index is 12.2. The van der Waals surface area contributed by atoms with Gasteiger partial charge in [-0.2, -0.15) is 5.10 Å². The molecular formula is C13H15N3O2. The Morgan fingerprint density at radius 2 is 2.39 bits per heavy atom. The minimum absolute atomic E-state index is 0.0286. The van der Waals surface area contributed by atoms with Gasteiger partial charge in [-0.3, -0.25) is 9.48 Å². The fourth-order valence-electron chi connectivity index (χ4n) is 2.31. The third kappa shape index (κ3) is 1.54. The third-order valence-corrected chi connectivity index (χ3v) is 3.33. The molecule has 0 saturated heterocycles. The maximum Gasteiger partial charge on any atom is 0.257 e. The zero-order valence-corrected chi connectivity index (χ0v) is 10.4. The van der Waals surface area contributed by atoms with E-state index in [-0.39, 0.29) is 12.0 Å². The van der Waals surface area contributed by atoms with Crippen LogP contribution in [-0.4, -0.2) is 28.3 Å². The van der Waals surface area contributed by atoms with Crippen molar-refractivity contribution in [1.82, 2.24) is 15.1 Å². The second-order valence-electron chi connectivity index (χ2n) is 4.50. The first-order chi connectivity index (χ1) is 8.70. The fraction of sp³-hybridized carbons (Fsp3) is 0.385. The van der Waals surface area contributed by atoms with E-state index in [1.165, 1.54) is 0 Å². The van der Waals surface area contributed by atoms with Crippen LogP contribution in [-0.2, 0) is 7.05 Å². The van der Waals surface area contributed by atoms with Crippen LogP contribution in [0.25, 0.3) is 10.9 Å². The van der Waals surface area contributed by atoms with Gasteiger partial charge in [-0.05, 0) is 18.6 Å². The van der Waals surface area contributed by atoms with Gasteiger partial charge in [0.25, 0.3) is 5.91 Å². The largest absolute Gasteiger partial charge is 0.488 e. The average molecular weight is 245 g/mol. The Morgan fingerprint density at radius 1 is 1.56 bits per heavy atom. The standard InChI is InChI=1S/C13H15N3O2/c1-3-9-7-14-13(17)11-10(18-9)5-4-8-6-15-16(2)12(8)11/h4-6,9H,3,7H2,1-2H3,(H,14,17)/t9-/m1/s1. The predicted octanol–water partition coefficient (Wildman–Crippen LogP) is 1.47. The average Bonchev–Trinajstić information content (AvgIpc) is 2.66. The SMILES string of the molecule is CC[C@@H]1CNC(=O)c2c(ccc3cnn(C)c23)O1. The Bertz CT molecular complexity index is 618. The molecule has 94 valence electrons. The topological polar surface area (TPSA) is 56.2 Å². The van der Waals surface area contributed by atoms with Gasteiger partial charge in [0.2, 0.25) is 0 Å². The van der Waals surface area contributed by atoms with Crippen LogP contribution < -0.4 is 10.1 Å². The molecule has 1 aliphatic heterocycles. The monoisotopic (exact) mass is 245 g/mol. The molecule has 5 heteroatoms. The highest BCUT2D eigenvalue weighted by Crippen LogP contribution is 2.30. The van der Waals surface area contributed by atoms with Gasteiger partial charge in [-0.25, -0.2) is 0 Å². The minimum Gasteiger partial charge on any atom is -0.488 e. The molecule has 1 amide bonds. The number of carbonyl (C=O) groups excluding carboxylic acids is 1. The Labute approximate surface area is 105 Å². The summed E-state index contributed by atoms with van der Waals surface area (Å²) in [5, 5.41) is 8.04. The Kier molecular flexibility index (Phi) is 2.47. The van der Waals surface area contributed by atoms with E-state index in [9.17, 15) is 4.79 Å². The van der Waals surface area contributed by atoms with Gasteiger partial charge in [0, 0.05) is 12.4 Å². The number of ether oxygens (including phenoxy) is 1. The van der Waals surface area contributed by atoms with Gasteiger partial charge >= 0.3 is 0 Å². The number of rotatable bonds is 1. The molecule has 1 atom stereocenters. The molecule has 1 aromatic carbocycles. The molecule has 2 heterocycles. The fourth-order valence-corrected chi connectivity index (χ4v) is 2.31. The summed E-state index contributed by atoms with van der Waals surface area (Å²) in [6, 6.07) is 3.79. The van der Waals surface area contributed by atoms with Crippen LogP contribution in [0, 0.1) is 0 Å². The Balaban J connectivity index is 2.24. The molecule has 0 radical (unpaired) electrons. The van der Waals surface area contributed by atoms with Gasteiger partial charge in [-0.15, -0.1) is 0 Å². The second kappa shape index (κ2) is 4.01. The highest BCUT2D eigenvalue weighted by atomic mass is 16.5. The first kappa shape index (κ1) is 11.1. The summed E-state index contributed by atoms with van der Waals surface area (Å²) in [5.74, 6) is 0.558. The zero-order valence-electron chi connectivity index (χ0n) is 10.4. The Hall–Kier alpha value is -2.04. The summed E-state index contributed by atoms with van der Waals surface area (Å²) >= 11 is 0. The summed E-state index contributed by atoms with van der Waals surface area (Å²) in [4.78, 5) is 12.2. The van der Waals surface area contributed by atoms with E-state index < -0.39 is 0 Å². The van der Waals surface area contributed by atoms with E-state index in [1.54, 1.807) is 10.9 Å². The van der Waals surface area contributed by atoms with Crippen molar-refractivity contribution in [3.63, 3.8) is 0 Å². The molecular weight excluding hydrogens is 230 g/mol.